The van der Waals surface area contributed by atoms with E-state index in [4.69, 9.17) is 0 Å². The Morgan fingerprint density at radius 2 is 2.00 bits per heavy atom. The van der Waals surface area contributed by atoms with E-state index in [-0.39, 0.29) is 5.82 Å². The molecule has 88 valence electrons. The number of carbonyl (C=O) groups excluding carboxylic acids is 1. The molecule has 2 aromatic rings. The molecule has 0 atom stereocenters. The van der Waals surface area contributed by atoms with E-state index in [1.165, 1.54) is 0 Å². The molecule has 2 rings (SSSR count). The Hall–Kier alpha value is -1.28. The van der Waals surface area contributed by atoms with Gasteiger partial charge in [0.25, 0.3) is 11.7 Å². The van der Waals surface area contributed by atoms with Crippen LogP contribution >= 0.6 is 31.9 Å². The maximum Gasteiger partial charge on any atom is 0.297 e. The smallest absolute Gasteiger partial charge is 0.297 e. The maximum atomic E-state index is 11.7. The fraction of sp³-hybridized carbons (Fsp3) is 0.111. The van der Waals surface area contributed by atoms with E-state index in [2.05, 4.69) is 57.8 Å². The monoisotopic (exact) mass is 359 g/mol. The van der Waals surface area contributed by atoms with Gasteiger partial charge in [-0.2, -0.15) is 5.21 Å². The highest BCUT2D eigenvalue weighted by Gasteiger charge is 2.14. The van der Waals surface area contributed by atoms with E-state index in [1.54, 1.807) is 0 Å². The molecule has 0 bridgehead atoms. The average Bonchev–Trinajstić information content (AvgIpc) is 2.76. The number of nitrogens with one attached hydrogen (secondary N) is 2. The molecule has 0 unspecified atom stereocenters. The van der Waals surface area contributed by atoms with Crippen LogP contribution in [0.3, 0.4) is 0 Å². The molecule has 1 heterocycles. The summed E-state index contributed by atoms with van der Waals surface area (Å²) in [6.07, 6.45) is 0. The summed E-state index contributed by atoms with van der Waals surface area (Å²) in [5.41, 5.74) is 1.70. The standard InChI is InChI=1S/C9H7Br2N5O/c1-4-2-5(10)7(6(11)3-4)12-9(17)8-13-15-16-14-8/h2-3H,1H3,(H,12,17)(H,13,14,15,16). The second-order valence-electron chi connectivity index (χ2n) is 3.29. The van der Waals surface area contributed by atoms with Crippen LogP contribution in [0.2, 0.25) is 0 Å². The lowest BCUT2D eigenvalue weighted by atomic mass is 10.2. The average molecular weight is 361 g/mol. The van der Waals surface area contributed by atoms with E-state index in [0.29, 0.717) is 5.69 Å². The molecular weight excluding hydrogens is 354 g/mol. The van der Waals surface area contributed by atoms with Crippen molar-refractivity contribution in [2.75, 3.05) is 5.32 Å². The van der Waals surface area contributed by atoms with Gasteiger partial charge in [0, 0.05) is 8.95 Å². The van der Waals surface area contributed by atoms with Gasteiger partial charge in [-0.1, -0.05) is 0 Å². The van der Waals surface area contributed by atoms with Crippen LogP contribution in [0, 0.1) is 6.92 Å². The predicted octanol–water partition coefficient (Wildman–Crippen LogP) is 2.29. The fourth-order valence-electron chi connectivity index (χ4n) is 1.25. The lowest BCUT2D eigenvalue weighted by Gasteiger charge is -2.09. The number of nitrogens with zero attached hydrogens (tertiary/aromatic N) is 3. The van der Waals surface area contributed by atoms with Crippen molar-refractivity contribution in [1.82, 2.24) is 20.6 Å². The van der Waals surface area contributed by atoms with E-state index in [1.807, 2.05) is 19.1 Å². The Bertz CT molecular complexity index is 532. The normalized spacial score (nSPS) is 10.3. The largest absolute Gasteiger partial charge is 0.317 e. The minimum absolute atomic E-state index is 0.00984. The minimum Gasteiger partial charge on any atom is -0.317 e. The third kappa shape index (κ3) is 2.70. The number of H-pyrrole nitrogens is 1. The van der Waals surface area contributed by atoms with E-state index in [9.17, 15) is 4.79 Å². The number of carbonyl (C=O) groups is 1. The first-order valence-corrected chi connectivity index (χ1v) is 6.17. The van der Waals surface area contributed by atoms with Crippen LogP contribution in [0.5, 0.6) is 0 Å². The van der Waals surface area contributed by atoms with E-state index < -0.39 is 5.91 Å². The molecule has 0 radical (unpaired) electrons. The predicted molar refractivity (Wildman–Crippen MR) is 68.7 cm³/mol. The SMILES string of the molecule is Cc1cc(Br)c(NC(=O)c2nn[nH]n2)c(Br)c1. The van der Waals surface area contributed by atoms with Gasteiger partial charge < -0.3 is 5.32 Å². The zero-order valence-corrected chi connectivity index (χ0v) is 11.8. The zero-order valence-electron chi connectivity index (χ0n) is 8.66. The first-order chi connectivity index (χ1) is 8.08. The summed E-state index contributed by atoms with van der Waals surface area (Å²) in [4.78, 5) is 11.7. The van der Waals surface area contributed by atoms with Gasteiger partial charge in [0.15, 0.2) is 0 Å². The maximum absolute atomic E-state index is 11.7. The van der Waals surface area contributed by atoms with Crippen molar-refractivity contribution in [2.24, 2.45) is 0 Å². The third-order valence-corrected chi connectivity index (χ3v) is 3.22. The molecule has 17 heavy (non-hydrogen) atoms. The second-order valence-corrected chi connectivity index (χ2v) is 5.00. The highest BCUT2D eigenvalue weighted by atomic mass is 79.9. The molecule has 1 aromatic heterocycles. The Labute approximate surface area is 113 Å². The van der Waals surface area contributed by atoms with Crippen LogP contribution in [0.15, 0.2) is 21.1 Å². The van der Waals surface area contributed by atoms with Crippen molar-refractivity contribution >= 4 is 43.5 Å². The number of halogens is 2. The number of aryl methyl sites for hydroxylation is 1. The van der Waals surface area contributed by atoms with Crippen molar-refractivity contribution in [2.45, 2.75) is 6.92 Å². The highest BCUT2D eigenvalue weighted by molar-refractivity contribution is 9.11. The summed E-state index contributed by atoms with van der Waals surface area (Å²) in [6, 6.07) is 3.80. The second kappa shape index (κ2) is 4.92. The molecule has 0 saturated carbocycles. The molecule has 8 heteroatoms. The summed E-state index contributed by atoms with van der Waals surface area (Å²) in [5, 5.41) is 15.4. The van der Waals surface area contributed by atoms with Crippen LogP contribution < -0.4 is 5.32 Å². The molecule has 0 aliphatic rings. The van der Waals surface area contributed by atoms with Crippen LogP contribution in [0.1, 0.15) is 16.2 Å². The van der Waals surface area contributed by atoms with Crippen molar-refractivity contribution in [1.29, 1.82) is 0 Å². The van der Waals surface area contributed by atoms with E-state index >= 15 is 0 Å². The highest BCUT2D eigenvalue weighted by Crippen LogP contribution is 2.32. The van der Waals surface area contributed by atoms with Gasteiger partial charge in [-0.15, -0.1) is 10.2 Å². The molecule has 2 N–H and O–H groups in total. The number of aromatic amines is 1. The van der Waals surface area contributed by atoms with Crippen molar-refractivity contribution in [3.63, 3.8) is 0 Å². The molecule has 0 spiro atoms. The molecule has 0 saturated heterocycles. The number of anilines is 1. The quantitative estimate of drug-likeness (QED) is 0.860. The van der Waals surface area contributed by atoms with Crippen molar-refractivity contribution in [3.05, 3.63) is 32.5 Å². The van der Waals surface area contributed by atoms with Gasteiger partial charge in [0.05, 0.1) is 5.69 Å². The third-order valence-electron chi connectivity index (χ3n) is 1.97. The number of tetrazole rings is 1. The van der Waals surface area contributed by atoms with Crippen LogP contribution in [-0.4, -0.2) is 26.5 Å². The Kier molecular flexibility index (Phi) is 3.53. The summed E-state index contributed by atoms with van der Waals surface area (Å²) < 4.78 is 1.56. The van der Waals surface area contributed by atoms with Gasteiger partial charge in [-0.3, -0.25) is 4.79 Å². The number of aromatic nitrogens is 4. The van der Waals surface area contributed by atoms with Gasteiger partial charge in [-0.05, 0) is 61.7 Å². The first-order valence-electron chi connectivity index (χ1n) is 4.58. The summed E-state index contributed by atoms with van der Waals surface area (Å²) in [6.45, 7) is 1.96. The molecular formula is C9H7Br2N5O. The van der Waals surface area contributed by atoms with Gasteiger partial charge in [0.1, 0.15) is 0 Å². The molecule has 1 aromatic carbocycles. The Balaban J connectivity index is 2.28. The molecule has 1 amide bonds. The zero-order chi connectivity index (χ0) is 12.4. The van der Waals surface area contributed by atoms with Crippen molar-refractivity contribution in [3.8, 4) is 0 Å². The summed E-state index contributed by atoms with van der Waals surface area (Å²) >= 11 is 6.76. The van der Waals surface area contributed by atoms with Crippen LogP contribution in [-0.2, 0) is 0 Å². The van der Waals surface area contributed by atoms with Gasteiger partial charge >= 0.3 is 0 Å². The first kappa shape index (κ1) is 12.2. The van der Waals surface area contributed by atoms with Crippen LogP contribution in [0.25, 0.3) is 0 Å². The summed E-state index contributed by atoms with van der Waals surface area (Å²) in [5.74, 6) is -0.437. The number of hydrogen-bond donors (Lipinski definition) is 2. The molecule has 6 nitrogen and oxygen atoms in total. The number of benzene rings is 1. The number of rotatable bonds is 2. The molecule has 0 aliphatic carbocycles. The number of amides is 1. The van der Waals surface area contributed by atoms with Gasteiger partial charge in [-0.25, -0.2) is 0 Å². The van der Waals surface area contributed by atoms with E-state index in [0.717, 1.165) is 14.5 Å². The molecule has 0 fully saturated rings. The number of hydrogen-bond acceptors (Lipinski definition) is 4. The molecule has 0 aliphatic heterocycles. The minimum atomic E-state index is -0.427. The van der Waals surface area contributed by atoms with Crippen molar-refractivity contribution < 1.29 is 4.79 Å². The topological polar surface area (TPSA) is 83.6 Å². The Morgan fingerprint density at radius 1 is 1.35 bits per heavy atom. The fourth-order valence-corrected chi connectivity index (χ4v) is 2.86. The lowest BCUT2D eigenvalue weighted by molar-refractivity contribution is 0.101. The van der Waals surface area contributed by atoms with Crippen LogP contribution in [0.4, 0.5) is 5.69 Å². The van der Waals surface area contributed by atoms with Gasteiger partial charge in [0.2, 0.25) is 0 Å². The lowest BCUT2D eigenvalue weighted by Crippen LogP contribution is -2.14. The Morgan fingerprint density at radius 3 is 2.53 bits per heavy atom. The summed E-state index contributed by atoms with van der Waals surface area (Å²) in [7, 11) is 0.